The number of amides is 2. The number of nitrogen functional groups attached to an aromatic ring is 1. The third-order valence-corrected chi connectivity index (χ3v) is 3.55. The van der Waals surface area contributed by atoms with Crippen LogP contribution in [0.4, 0.5) is 0 Å². The van der Waals surface area contributed by atoms with Gasteiger partial charge in [0.15, 0.2) is 0 Å². The van der Waals surface area contributed by atoms with Gasteiger partial charge >= 0.3 is 0 Å². The van der Waals surface area contributed by atoms with Crippen LogP contribution in [0, 0.1) is 11.3 Å². The number of benzene rings is 1. The predicted octanol–water partition coefficient (Wildman–Crippen LogP) is 0.809. The Bertz CT molecular complexity index is 595. The van der Waals surface area contributed by atoms with Crippen molar-refractivity contribution in [2.45, 2.75) is 39.8 Å². The number of nitrogens with one attached hydrogen (secondary N) is 2. The Balaban J connectivity index is 0.000000705. The molecule has 7 heteroatoms. The second kappa shape index (κ2) is 9.78. The van der Waals surface area contributed by atoms with Crippen LogP contribution in [0.3, 0.4) is 0 Å². The number of carbonyl (C=O) groups is 2. The van der Waals surface area contributed by atoms with Crippen LogP contribution in [-0.2, 0) is 16.1 Å². The Labute approximate surface area is 149 Å². The maximum Gasteiger partial charge on any atom is 0.243 e. The summed E-state index contributed by atoms with van der Waals surface area (Å²) in [5.74, 6) is 0.474. The van der Waals surface area contributed by atoms with Gasteiger partial charge in [0.25, 0.3) is 0 Å². The highest BCUT2D eigenvalue weighted by molar-refractivity contribution is 5.95. The third kappa shape index (κ3) is 6.54. The highest BCUT2D eigenvalue weighted by Gasteiger charge is 2.36. The number of carbonyl (C=O) groups excluding carboxylic acids is 2. The standard InChI is InChI=1S/C14H19N5O2.C4H10/c15-7-12(20)19-6-5-11(19)14(21)18-8-9-1-3-10(4-2-9)13(16)17;1-4(2)3/h1-4,11H,5-8,15H2,(H3,16,17)(H,18,21);4H,1-3H3. The summed E-state index contributed by atoms with van der Waals surface area (Å²) in [6, 6.07) is 6.67. The van der Waals surface area contributed by atoms with Crippen molar-refractivity contribution in [1.82, 2.24) is 10.2 Å². The van der Waals surface area contributed by atoms with Crippen LogP contribution in [0.2, 0.25) is 0 Å². The Morgan fingerprint density at radius 2 is 1.84 bits per heavy atom. The summed E-state index contributed by atoms with van der Waals surface area (Å²) in [6.07, 6.45) is 0.668. The van der Waals surface area contributed by atoms with Crippen molar-refractivity contribution in [1.29, 1.82) is 5.41 Å². The van der Waals surface area contributed by atoms with Crippen molar-refractivity contribution in [3.63, 3.8) is 0 Å². The van der Waals surface area contributed by atoms with Gasteiger partial charge in [0.2, 0.25) is 11.8 Å². The van der Waals surface area contributed by atoms with Gasteiger partial charge in [-0.05, 0) is 17.9 Å². The third-order valence-electron chi connectivity index (χ3n) is 3.55. The molecule has 2 amide bonds. The molecule has 6 N–H and O–H groups in total. The van der Waals surface area contributed by atoms with E-state index in [0.717, 1.165) is 11.5 Å². The summed E-state index contributed by atoms with van der Waals surface area (Å²) in [6.45, 7) is 7.38. The van der Waals surface area contributed by atoms with Gasteiger partial charge in [-0.2, -0.15) is 0 Å². The van der Waals surface area contributed by atoms with Gasteiger partial charge in [0.05, 0.1) is 6.54 Å². The summed E-state index contributed by atoms with van der Waals surface area (Å²) in [4.78, 5) is 25.0. The van der Waals surface area contributed by atoms with Crippen molar-refractivity contribution < 1.29 is 9.59 Å². The van der Waals surface area contributed by atoms with Crippen molar-refractivity contribution >= 4 is 17.6 Å². The van der Waals surface area contributed by atoms with Gasteiger partial charge in [0, 0.05) is 18.7 Å². The van der Waals surface area contributed by atoms with Gasteiger partial charge in [-0.15, -0.1) is 0 Å². The lowest BCUT2D eigenvalue weighted by Gasteiger charge is -2.39. The molecule has 1 fully saturated rings. The van der Waals surface area contributed by atoms with Crippen LogP contribution in [0.25, 0.3) is 0 Å². The molecule has 0 saturated carbocycles. The first-order valence-electron chi connectivity index (χ1n) is 8.46. The van der Waals surface area contributed by atoms with E-state index in [2.05, 4.69) is 26.1 Å². The lowest BCUT2D eigenvalue weighted by atomic mass is 10.0. The van der Waals surface area contributed by atoms with E-state index in [-0.39, 0.29) is 24.2 Å². The Kier molecular flexibility index (Phi) is 8.07. The van der Waals surface area contributed by atoms with Crippen molar-refractivity contribution in [2.24, 2.45) is 17.4 Å². The molecule has 0 aromatic heterocycles. The van der Waals surface area contributed by atoms with Gasteiger partial charge in [-0.25, -0.2) is 0 Å². The molecule has 25 heavy (non-hydrogen) atoms. The average molecular weight is 347 g/mol. The molecule has 1 unspecified atom stereocenters. The molecule has 1 heterocycles. The maximum atomic E-state index is 12.0. The van der Waals surface area contributed by atoms with Crippen LogP contribution in [0.5, 0.6) is 0 Å². The van der Waals surface area contributed by atoms with Crippen molar-refractivity contribution in [2.75, 3.05) is 13.1 Å². The molecule has 0 aliphatic carbocycles. The SMILES string of the molecule is CC(C)C.N=C(N)c1ccc(CNC(=O)C2CCN2C(=O)CN)cc1. The fourth-order valence-corrected chi connectivity index (χ4v) is 2.18. The first-order chi connectivity index (χ1) is 11.8. The molecule has 0 radical (unpaired) electrons. The molecule has 1 atom stereocenters. The Morgan fingerprint density at radius 3 is 2.24 bits per heavy atom. The molecule has 138 valence electrons. The van der Waals surface area contributed by atoms with Crippen molar-refractivity contribution in [3.8, 4) is 0 Å². The number of likely N-dealkylation sites (tertiary alicyclic amines) is 1. The van der Waals surface area contributed by atoms with E-state index in [1.165, 1.54) is 4.90 Å². The normalized spacial score (nSPS) is 15.7. The second-order valence-corrected chi connectivity index (χ2v) is 6.66. The van der Waals surface area contributed by atoms with E-state index < -0.39 is 6.04 Å². The first-order valence-corrected chi connectivity index (χ1v) is 8.46. The van der Waals surface area contributed by atoms with Crippen LogP contribution in [0.15, 0.2) is 24.3 Å². The summed E-state index contributed by atoms with van der Waals surface area (Å²) < 4.78 is 0. The molecule has 0 spiro atoms. The lowest BCUT2D eigenvalue weighted by Crippen LogP contribution is -2.59. The minimum atomic E-state index is -0.405. The molecule has 7 nitrogen and oxygen atoms in total. The molecule has 1 aromatic rings. The van der Waals surface area contributed by atoms with Gasteiger partial charge in [-0.3, -0.25) is 15.0 Å². The minimum absolute atomic E-state index is 0.0102. The zero-order valence-electron chi connectivity index (χ0n) is 15.2. The molecule has 1 aliphatic rings. The van der Waals surface area contributed by atoms with Crippen LogP contribution < -0.4 is 16.8 Å². The number of hydrogen-bond acceptors (Lipinski definition) is 4. The highest BCUT2D eigenvalue weighted by atomic mass is 16.2. The maximum absolute atomic E-state index is 12.0. The molecular formula is C18H29N5O2. The van der Waals surface area contributed by atoms with E-state index in [4.69, 9.17) is 16.9 Å². The van der Waals surface area contributed by atoms with Crippen molar-refractivity contribution in [3.05, 3.63) is 35.4 Å². The van der Waals surface area contributed by atoms with Gasteiger partial charge < -0.3 is 21.7 Å². The molecular weight excluding hydrogens is 318 g/mol. The number of amidine groups is 1. The van der Waals surface area contributed by atoms with Crippen LogP contribution >= 0.6 is 0 Å². The fourth-order valence-electron chi connectivity index (χ4n) is 2.18. The molecule has 1 aliphatic heterocycles. The zero-order valence-corrected chi connectivity index (χ0v) is 15.2. The smallest absolute Gasteiger partial charge is 0.243 e. The number of nitrogens with zero attached hydrogens (tertiary/aromatic N) is 1. The Hall–Kier alpha value is -2.41. The van der Waals surface area contributed by atoms with E-state index in [1.807, 2.05) is 0 Å². The topological polar surface area (TPSA) is 125 Å². The van der Waals surface area contributed by atoms with Crippen LogP contribution in [0.1, 0.15) is 38.3 Å². The quantitative estimate of drug-likeness (QED) is 0.464. The number of nitrogens with two attached hydrogens (primary N) is 2. The minimum Gasteiger partial charge on any atom is -0.384 e. The highest BCUT2D eigenvalue weighted by Crippen LogP contribution is 2.17. The van der Waals surface area contributed by atoms with Gasteiger partial charge in [-0.1, -0.05) is 45.0 Å². The number of hydrogen-bond donors (Lipinski definition) is 4. The Morgan fingerprint density at radius 1 is 1.28 bits per heavy atom. The van der Waals surface area contributed by atoms with E-state index in [9.17, 15) is 9.59 Å². The predicted molar refractivity (Wildman–Crippen MR) is 99.0 cm³/mol. The summed E-state index contributed by atoms with van der Waals surface area (Å²) >= 11 is 0. The monoisotopic (exact) mass is 347 g/mol. The lowest BCUT2D eigenvalue weighted by molar-refractivity contribution is -0.146. The molecule has 0 bridgehead atoms. The summed E-state index contributed by atoms with van der Waals surface area (Å²) in [5, 5.41) is 10.1. The van der Waals surface area contributed by atoms with E-state index in [1.54, 1.807) is 24.3 Å². The first kappa shape index (κ1) is 20.6. The fraction of sp³-hybridized carbons (Fsp3) is 0.500. The summed E-state index contributed by atoms with van der Waals surface area (Å²) in [7, 11) is 0. The zero-order chi connectivity index (χ0) is 19.0. The second-order valence-electron chi connectivity index (χ2n) is 6.66. The molecule has 1 saturated heterocycles. The average Bonchev–Trinajstić information content (AvgIpc) is 2.51. The number of rotatable bonds is 5. The molecule has 1 aromatic carbocycles. The van der Waals surface area contributed by atoms with E-state index >= 15 is 0 Å². The summed E-state index contributed by atoms with van der Waals surface area (Å²) in [5.41, 5.74) is 12.2. The largest absolute Gasteiger partial charge is 0.384 e. The van der Waals surface area contributed by atoms with Gasteiger partial charge in [0.1, 0.15) is 11.9 Å². The van der Waals surface area contributed by atoms with E-state index in [0.29, 0.717) is 25.1 Å². The van der Waals surface area contributed by atoms with Crippen LogP contribution in [-0.4, -0.2) is 41.7 Å². The molecule has 2 rings (SSSR count).